The Morgan fingerprint density at radius 3 is 2.40 bits per heavy atom. The Morgan fingerprint density at radius 2 is 1.90 bits per heavy atom. The second-order valence-electron chi connectivity index (χ2n) is 5.85. The molecule has 1 unspecified atom stereocenters. The highest BCUT2D eigenvalue weighted by atomic mass is 16.5. The highest BCUT2D eigenvalue weighted by Gasteiger charge is 2.12. The smallest absolute Gasteiger partial charge is 0.251 e. The molecule has 2 N–H and O–H groups in total. The molecule has 20 heavy (non-hydrogen) atoms. The Hall–Kier alpha value is -1.55. The minimum Gasteiger partial charge on any atom is -0.488 e. The zero-order valence-electron chi connectivity index (χ0n) is 12.8. The van der Waals surface area contributed by atoms with Gasteiger partial charge in [-0.15, -0.1) is 0 Å². The molecule has 0 heterocycles. The molecule has 0 bridgehead atoms. The van der Waals surface area contributed by atoms with Crippen molar-refractivity contribution < 1.29 is 14.6 Å². The van der Waals surface area contributed by atoms with E-state index < -0.39 is 0 Å². The standard InChI is InChI=1S/C16H25NO3/c1-5-13(18)10-11-17-15(19)12-6-8-14(9-7-12)20-16(2,3)4/h6-9,13,18H,5,10-11H2,1-4H3,(H,17,19). The number of rotatable bonds is 6. The van der Waals surface area contributed by atoms with E-state index in [1.807, 2.05) is 27.7 Å². The first-order valence-corrected chi connectivity index (χ1v) is 7.07. The third-order valence-corrected chi connectivity index (χ3v) is 2.77. The van der Waals surface area contributed by atoms with E-state index in [2.05, 4.69) is 5.32 Å². The van der Waals surface area contributed by atoms with Gasteiger partial charge in [0.2, 0.25) is 0 Å². The lowest BCUT2D eigenvalue weighted by Gasteiger charge is -2.21. The summed E-state index contributed by atoms with van der Waals surface area (Å²) in [5.41, 5.74) is 0.345. The molecule has 0 aromatic heterocycles. The fraction of sp³-hybridized carbons (Fsp3) is 0.562. The van der Waals surface area contributed by atoms with Gasteiger partial charge in [-0.1, -0.05) is 6.92 Å². The van der Waals surface area contributed by atoms with Crippen LogP contribution in [0.2, 0.25) is 0 Å². The van der Waals surface area contributed by atoms with Gasteiger partial charge in [0.15, 0.2) is 0 Å². The second kappa shape index (κ2) is 7.29. The minimum atomic E-state index is -0.349. The third kappa shape index (κ3) is 6.06. The van der Waals surface area contributed by atoms with Gasteiger partial charge >= 0.3 is 0 Å². The molecule has 0 aliphatic rings. The van der Waals surface area contributed by atoms with Crippen LogP contribution >= 0.6 is 0 Å². The summed E-state index contributed by atoms with van der Waals surface area (Å²) in [6, 6.07) is 7.07. The Labute approximate surface area is 121 Å². The van der Waals surface area contributed by atoms with Crippen LogP contribution in [0.5, 0.6) is 5.75 Å². The monoisotopic (exact) mass is 279 g/mol. The summed E-state index contributed by atoms with van der Waals surface area (Å²) < 4.78 is 5.70. The maximum atomic E-state index is 11.9. The van der Waals surface area contributed by atoms with Crippen molar-refractivity contribution in [3.63, 3.8) is 0 Å². The van der Waals surface area contributed by atoms with Crippen LogP contribution < -0.4 is 10.1 Å². The first kappa shape index (κ1) is 16.5. The van der Waals surface area contributed by atoms with Gasteiger partial charge in [0.1, 0.15) is 11.4 Å². The summed E-state index contributed by atoms with van der Waals surface area (Å²) in [7, 11) is 0. The Kier molecular flexibility index (Phi) is 6.02. The molecule has 0 aliphatic carbocycles. The number of ether oxygens (including phenoxy) is 1. The molecular formula is C16H25NO3. The third-order valence-electron chi connectivity index (χ3n) is 2.77. The van der Waals surface area contributed by atoms with Crippen molar-refractivity contribution >= 4 is 5.91 Å². The number of hydrogen-bond donors (Lipinski definition) is 2. The lowest BCUT2D eigenvalue weighted by Crippen LogP contribution is -2.27. The van der Waals surface area contributed by atoms with Crippen LogP contribution in [-0.2, 0) is 0 Å². The predicted octanol–water partition coefficient (Wildman–Crippen LogP) is 2.75. The Balaban J connectivity index is 2.49. The molecule has 1 atom stereocenters. The highest BCUT2D eigenvalue weighted by Crippen LogP contribution is 2.18. The van der Waals surface area contributed by atoms with Crippen LogP contribution in [0.4, 0.5) is 0 Å². The zero-order chi connectivity index (χ0) is 15.2. The fourth-order valence-electron chi connectivity index (χ4n) is 1.69. The molecule has 1 aromatic carbocycles. The number of carbonyl (C=O) groups is 1. The van der Waals surface area contributed by atoms with Crippen molar-refractivity contribution in [2.45, 2.75) is 52.2 Å². The van der Waals surface area contributed by atoms with Crippen LogP contribution in [-0.4, -0.2) is 29.3 Å². The number of carbonyl (C=O) groups excluding carboxylic acids is 1. The molecule has 0 spiro atoms. The topological polar surface area (TPSA) is 58.6 Å². The molecule has 1 aromatic rings. The SMILES string of the molecule is CCC(O)CCNC(=O)c1ccc(OC(C)(C)C)cc1. The van der Waals surface area contributed by atoms with E-state index in [-0.39, 0.29) is 17.6 Å². The lowest BCUT2D eigenvalue weighted by molar-refractivity contribution is 0.0942. The molecule has 1 amide bonds. The molecule has 0 fully saturated rings. The predicted molar refractivity (Wildman–Crippen MR) is 80.1 cm³/mol. The first-order valence-electron chi connectivity index (χ1n) is 7.07. The van der Waals surface area contributed by atoms with Crippen molar-refractivity contribution in [1.82, 2.24) is 5.32 Å². The van der Waals surface area contributed by atoms with Gasteiger partial charge in [0.05, 0.1) is 6.10 Å². The van der Waals surface area contributed by atoms with Crippen molar-refractivity contribution in [2.24, 2.45) is 0 Å². The molecule has 4 nitrogen and oxygen atoms in total. The van der Waals surface area contributed by atoms with Gasteiger partial charge in [0, 0.05) is 12.1 Å². The summed E-state index contributed by atoms with van der Waals surface area (Å²) in [5, 5.41) is 12.2. The van der Waals surface area contributed by atoms with Crippen molar-refractivity contribution in [3.05, 3.63) is 29.8 Å². The van der Waals surface area contributed by atoms with Crippen molar-refractivity contribution in [3.8, 4) is 5.75 Å². The van der Waals surface area contributed by atoms with Gasteiger partial charge in [-0.2, -0.15) is 0 Å². The van der Waals surface area contributed by atoms with Crippen LogP contribution in [0.3, 0.4) is 0 Å². The highest BCUT2D eigenvalue weighted by molar-refractivity contribution is 5.94. The van der Waals surface area contributed by atoms with Gasteiger partial charge in [-0.05, 0) is 57.9 Å². The van der Waals surface area contributed by atoms with Crippen LogP contribution in [0.1, 0.15) is 50.9 Å². The molecular weight excluding hydrogens is 254 g/mol. The average molecular weight is 279 g/mol. The van der Waals surface area contributed by atoms with Crippen molar-refractivity contribution in [2.75, 3.05) is 6.54 Å². The van der Waals surface area contributed by atoms with E-state index >= 15 is 0 Å². The van der Waals surface area contributed by atoms with E-state index in [1.165, 1.54) is 0 Å². The molecule has 1 rings (SSSR count). The Morgan fingerprint density at radius 1 is 1.30 bits per heavy atom. The number of aliphatic hydroxyl groups is 1. The lowest BCUT2D eigenvalue weighted by atomic mass is 10.1. The number of nitrogens with one attached hydrogen (secondary N) is 1. The largest absolute Gasteiger partial charge is 0.488 e. The van der Waals surface area contributed by atoms with E-state index in [0.717, 1.165) is 5.75 Å². The number of benzene rings is 1. The van der Waals surface area contributed by atoms with E-state index in [9.17, 15) is 9.90 Å². The van der Waals surface area contributed by atoms with Crippen LogP contribution in [0, 0.1) is 0 Å². The Bertz CT molecular complexity index is 420. The minimum absolute atomic E-state index is 0.129. The van der Waals surface area contributed by atoms with E-state index in [0.29, 0.717) is 24.9 Å². The quantitative estimate of drug-likeness (QED) is 0.842. The van der Waals surface area contributed by atoms with Crippen molar-refractivity contribution in [1.29, 1.82) is 0 Å². The first-order chi connectivity index (χ1) is 9.31. The summed E-state index contributed by atoms with van der Waals surface area (Å²) >= 11 is 0. The maximum absolute atomic E-state index is 11.9. The number of aliphatic hydroxyl groups excluding tert-OH is 1. The summed E-state index contributed by atoms with van der Waals surface area (Å²) in [6.45, 7) is 8.33. The molecule has 112 valence electrons. The molecule has 0 radical (unpaired) electrons. The van der Waals surface area contributed by atoms with Crippen LogP contribution in [0.25, 0.3) is 0 Å². The molecule has 0 saturated carbocycles. The fourth-order valence-corrected chi connectivity index (χ4v) is 1.69. The molecule has 0 saturated heterocycles. The summed E-state index contributed by atoms with van der Waals surface area (Å²) in [5.74, 6) is 0.617. The van der Waals surface area contributed by atoms with Gasteiger partial charge < -0.3 is 15.2 Å². The van der Waals surface area contributed by atoms with E-state index in [4.69, 9.17) is 4.74 Å². The molecule has 4 heteroatoms. The van der Waals surface area contributed by atoms with Gasteiger partial charge in [-0.25, -0.2) is 0 Å². The normalized spacial score (nSPS) is 12.8. The average Bonchev–Trinajstić information content (AvgIpc) is 2.37. The van der Waals surface area contributed by atoms with Crippen LogP contribution in [0.15, 0.2) is 24.3 Å². The molecule has 0 aliphatic heterocycles. The number of amides is 1. The maximum Gasteiger partial charge on any atom is 0.251 e. The summed E-state index contributed by atoms with van der Waals surface area (Å²) in [4.78, 5) is 11.9. The summed E-state index contributed by atoms with van der Waals surface area (Å²) in [6.07, 6.45) is 0.931. The zero-order valence-corrected chi connectivity index (χ0v) is 12.8. The van der Waals surface area contributed by atoms with Gasteiger partial charge in [0.25, 0.3) is 5.91 Å². The van der Waals surface area contributed by atoms with E-state index in [1.54, 1.807) is 24.3 Å². The second-order valence-corrected chi connectivity index (χ2v) is 5.85. The van der Waals surface area contributed by atoms with Gasteiger partial charge in [-0.3, -0.25) is 4.79 Å². The number of hydrogen-bond acceptors (Lipinski definition) is 3.